The van der Waals surface area contributed by atoms with Gasteiger partial charge in [0.2, 0.25) is 0 Å². The lowest BCUT2D eigenvalue weighted by atomic mass is 9.97. The van der Waals surface area contributed by atoms with E-state index in [0.717, 1.165) is 17.0 Å². The number of piperidine rings is 1. The second-order valence-corrected chi connectivity index (χ2v) is 10.5. The molecule has 0 atom stereocenters. The number of aromatic nitrogens is 3. The van der Waals surface area contributed by atoms with Crippen LogP contribution < -0.4 is 5.69 Å². The lowest BCUT2D eigenvalue weighted by molar-refractivity contribution is 0.312. The first kappa shape index (κ1) is 20.1. The smallest absolute Gasteiger partial charge is 0.247 e. The van der Waals surface area contributed by atoms with Crippen LogP contribution in [0.4, 0.5) is 0 Å². The van der Waals surface area contributed by atoms with Gasteiger partial charge in [0.25, 0.3) is 10.0 Å². The van der Waals surface area contributed by atoms with Crippen molar-refractivity contribution in [2.24, 2.45) is 7.05 Å². The van der Waals surface area contributed by atoms with Crippen molar-refractivity contribution in [3.8, 4) is 5.69 Å². The molecule has 0 unspecified atom stereocenters. The molecule has 154 valence electrons. The number of hydrogen-bond donors (Lipinski definition) is 0. The standard InChI is InChI=1S/C20H24N4O3S2/c1-3-17-9-10-18(28-17)29(26,27)23-13-11-15(12-14-23)19-21-22(2)20(25)24(19)16-7-5-4-6-8-16/h4-10,15H,3,11-14H2,1-2H3. The molecule has 0 spiro atoms. The van der Waals surface area contributed by atoms with Crippen LogP contribution in [0.5, 0.6) is 0 Å². The number of aryl methyl sites for hydroxylation is 2. The Balaban J connectivity index is 1.57. The van der Waals surface area contributed by atoms with E-state index >= 15 is 0 Å². The van der Waals surface area contributed by atoms with Crippen molar-refractivity contribution in [3.05, 3.63) is 63.7 Å². The average molecular weight is 433 g/mol. The van der Waals surface area contributed by atoms with E-state index in [9.17, 15) is 13.2 Å². The summed E-state index contributed by atoms with van der Waals surface area (Å²) in [6.45, 7) is 2.87. The lowest BCUT2D eigenvalue weighted by Gasteiger charge is -2.30. The Hall–Kier alpha value is -2.23. The van der Waals surface area contributed by atoms with E-state index in [0.29, 0.717) is 36.0 Å². The first-order valence-electron chi connectivity index (χ1n) is 9.72. The molecule has 1 aliphatic rings. The Morgan fingerprint density at radius 2 is 1.79 bits per heavy atom. The molecular weight excluding hydrogens is 408 g/mol. The third-order valence-electron chi connectivity index (χ3n) is 5.36. The zero-order valence-electron chi connectivity index (χ0n) is 16.5. The highest BCUT2D eigenvalue weighted by atomic mass is 32.2. The van der Waals surface area contributed by atoms with E-state index in [1.165, 1.54) is 16.0 Å². The fraction of sp³-hybridized carbons (Fsp3) is 0.400. The van der Waals surface area contributed by atoms with E-state index in [2.05, 4.69) is 5.10 Å². The third kappa shape index (κ3) is 3.70. The van der Waals surface area contributed by atoms with Crippen molar-refractivity contribution in [1.82, 2.24) is 18.7 Å². The van der Waals surface area contributed by atoms with Gasteiger partial charge in [0.1, 0.15) is 10.0 Å². The van der Waals surface area contributed by atoms with Crippen molar-refractivity contribution >= 4 is 21.4 Å². The fourth-order valence-electron chi connectivity index (χ4n) is 3.74. The lowest BCUT2D eigenvalue weighted by Crippen LogP contribution is -2.38. The second kappa shape index (κ2) is 7.89. The zero-order chi connectivity index (χ0) is 20.6. The minimum atomic E-state index is -3.46. The van der Waals surface area contributed by atoms with Crippen molar-refractivity contribution in [3.63, 3.8) is 0 Å². The van der Waals surface area contributed by atoms with Gasteiger partial charge < -0.3 is 0 Å². The normalized spacial score (nSPS) is 16.3. The van der Waals surface area contributed by atoms with Gasteiger partial charge in [-0.3, -0.25) is 0 Å². The maximum absolute atomic E-state index is 13.0. The van der Waals surface area contributed by atoms with Crippen LogP contribution in [0.25, 0.3) is 5.69 Å². The summed E-state index contributed by atoms with van der Waals surface area (Å²) in [7, 11) is -1.82. The number of nitrogens with zero attached hydrogens (tertiary/aromatic N) is 4. The summed E-state index contributed by atoms with van der Waals surface area (Å²) in [4.78, 5) is 13.7. The number of thiophene rings is 1. The zero-order valence-corrected chi connectivity index (χ0v) is 18.1. The molecule has 1 aromatic carbocycles. The molecule has 0 amide bonds. The number of para-hydroxylation sites is 1. The van der Waals surface area contributed by atoms with Crippen molar-refractivity contribution in [2.75, 3.05) is 13.1 Å². The van der Waals surface area contributed by atoms with Crippen LogP contribution in [0, 0.1) is 0 Å². The van der Waals surface area contributed by atoms with Crippen LogP contribution in [-0.4, -0.2) is 40.2 Å². The van der Waals surface area contributed by atoms with Crippen LogP contribution in [0.2, 0.25) is 0 Å². The highest BCUT2D eigenvalue weighted by Crippen LogP contribution is 2.32. The number of sulfonamides is 1. The Kier molecular flexibility index (Phi) is 5.46. The number of benzene rings is 1. The van der Waals surface area contributed by atoms with Gasteiger partial charge >= 0.3 is 5.69 Å². The van der Waals surface area contributed by atoms with E-state index < -0.39 is 10.0 Å². The molecule has 9 heteroatoms. The molecular formula is C20H24N4O3S2. The Labute approximate surface area is 174 Å². The van der Waals surface area contributed by atoms with E-state index in [-0.39, 0.29) is 11.6 Å². The number of rotatable bonds is 5. The maximum atomic E-state index is 13.0. The van der Waals surface area contributed by atoms with E-state index in [1.54, 1.807) is 22.0 Å². The van der Waals surface area contributed by atoms with Crippen molar-refractivity contribution in [2.45, 2.75) is 36.3 Å². The Bertz CT molecular complexity index is 1150. The van der Waals surface area contributed by atoms with Gasteiger partial charge in [0.05, 0.1) is 5.69 Å². The molecule has 0 saturated carbocycles. The Morgan fingerprint density at radius 1 is 1.10 bits per heavy atom. The van der Waals surface area contributed by atoms with Gasteiger partial charge in [0.15, 0.2) is 0 Å². The van der Waals surface area contributed by atoms with Crippen molar-refractivity contribution in [1.29, 1.82) is 0 Å². The van der Waals surface area contributed by atoms with Crippen LogP contribution >= 0.6 is 11.3 Å². The van der Waals surface area contributed by atoms with Gasteiger partial charge in [-0.25, -0.2) is 22.5 Å². The monoisotopic (exact) mass is 432 g/mol. The molecule has 3 aromatic rings. The third-order valence-corrected chi connectivity index (χ3v) is 8.96. The van der Waals surface area contributed by atoms with Crippen molar-refractivity contribution < 1.29 is 8.42 Å². The molecule has 29 heavy (non-hydrogen) atoms. The van der Waals surface area contributed by atoms with Gasteiger partial charge in [0, 0.05) is 30.9 Å². The molecule has 3 heterocycles. The molecule has 0 aliphatic carbocycles. The molecule has 1 fully saturated rings. The summed E-state index contributed by atoms with van der Waals surface area (Å²) >= 11 is 1.34. The molecule has 4 rings (SSSR count). The summed E-state index contributed by atoms with van der Waals surface area (Å²) in [6, 6.07) is 13.0. The van der Waals surface area contributed by atoms with Gasteiger partial charge in [-0.05, 0) is 43.5 Å². The first-order chi connectivity index (χ1) is 13.9. The molecule has 2 aromatic heterocycles. The first-order valence-corrected chi connectivity index (χ1v) is 12.0. The quantitative estimate of drug-likeness (QED) is 0.621. The highest BCUT2D eigenvalue weighted by molar-refractivity contribution is 7.91. The average Bonchev–Trinajstić information content (AvgIpc) is 3.34. The molecule has 0 radical (unpaired) electrons. The van der Waals surface area contributed by atoms with Gasteiger partial charge in [-0.1, -0.05) is 25.1 Å². The Morgan fingerprint density at radius 3 is 2.41 bits per heavy atom. The molecule has 7 nitrogen and oxygen atoms in total. The van der Waals surface area contributed by atoms with E-state index in [4.69, 9.17) is 0 Å². The van der Waals surface area contributed by atoms with Crippen LogP contribution in [-0.2, 0) is 23.5 Å². The topological polar surface area (TPSA) is 77.2 Å². The molecule has 0 bridgehead atoms. The van der Waals surface area contributed by atoms with Crippen LogP contribution in [0.15, 0.2) is 51.5 Å². The predicted molar refractivity (Wildman–Crippen MR) is 113 cm³/mol. The largest absolute Gasteiger partial charge is 0.350 e. The number of hydrogen-bond acceptors (Lipinski definition) is 5. The molecule has 0 N–H and O–H groups in total. The fourth-order valence-corrected chi connectivity index (χ4v) is 6.66. The summed E-state index contributed by atoms with van der Waals surface area (Å²) in [6.07, 6.45) is 2.10. The van der Waals surface area contributed by atoms with Crippen LogP contribution in [0.1, 0.15) is 36.4 Å². The maximum Gasteiger partial charge on any atom is 0.350 e. The van der Waals surface area contributed by atoms with Gasteiger partial charge in [-0.2, -0.15) is 9.40 Å². The molecule has 1 saturated heterocycles. The van der Waals surface area contributed by atoms with Crippen LogP contribution in [0.3, 0.4) is 0 Å². The summed E-state index contributed by atoms with van der Waals surface area (Å²) < 4.78 is 30.9. The summed E-state index contributed by atoms with van der Waals surface area (Å²) in [5.74, 6) is 0.732. The SMILES string of the molecule is CCc1ccc(S(=O)(=O)N2CCC(c3nn(C)c(=O)n3-c3ccccc3)CC2)s1. The summed E-state index contributed by atoms with van der Waals surface area (Å²) in [5.41, 5.74) is 0.591. The minimum Gasteiger partial charge on any atom is -0.247 e. The minimum absolute atomic E-state index is 0.0325. The predicted octanol–water partition coefficient (Wildman–Crippen LogP) is 2.76. The van der Waals surface area contributed by atoms with E-state index in [1.807, 2.05) is 43.3 Å². The summed E-state index contributed by atoms with van der Waals surface area (Å²) in [5, 5.41) is 4.47. The highest BCUT2D eigenvalue weighted by Gasteiger charge is 2.33. The molecule has 1 aliphatic heterocycles. The second-order valence-electron chi connectivity index (χ2n) is 7.19. The van der Waals surface area contributed by atoms with Gasteiger partial charge in [-0.15, -0.1) is 11.3 Å².